The summed E-state index contributed by atoms with van der Waals surface area (Å²) in [4.78, 5) is 16.5. The number of aromatic nitrogens is 4. The summed E-state index contributed by atoms with van der Waals surface area (Å²) < 4.78 is 1.80. The summed E-state index contributed by atoms with van der Waals surface area (Å²) in [5.41, 5.74) is 2.43. The minimum atomic E-state index is -0.140. The van der Waals surface area contributed by atoms with Gasteiger partial charge in [-0.3, -0.25) is 9.20 Å². The first-order valence-corrected chi connectivity index (χ1v) is 8.37. The van der Waals surface area contributed by atoms with Crippen molar-refractivity contribution in [1.29, 1.82) is 0 Å². The number of rotatable bonds is 4. The summed E-state index contributed by atoms with van der Waals surface area (Å²) in [6, 6.07) is 16.4. The van der Waals surface area contributed by atoms with E-state index in [1.807, 2.05) is 36.5 Å². The number of benzene rings is 2. The van der Waals surface area contributed by atoms with Crippen molar-refractivity contribution in [2.75, 3.05) is 0 Å². The molecule has 0 spiro atoms. The number of hydrogen-bond acceptors (Lipinski definition) is 4. The third-order valence-corrected chi connectivity index (χ3v) is 4.21. The number of halogens is 1. The Balaban J connectivity index is 1.48. The van der Waals surface area contributed by atoms with Crippen LogP contribution in [0.1, 0.15) is 15.9 Å². The van der Waals surface area contributed by atoms with Crippen molar-refractivity contribution in [3.63, 3.8) is 0 Å². The fourth-order valence-corrected chi connectivity index (χ4v) is 2.72. The number of nitrogens with one attached hydrogen (secondary N) is 1. The highest BCUT2D eigenvalue weighted by molar-refractivity contribution is 6.30. The first-order chi connectivity index (χ1) is 12.7. The van der Waals surface area contributed by atoms with Crippen LogP contribution in [0.3, 0.4) is 0 Å². The molecule has 0 saturated carbocycles. The van der Waals surface area contributed by atoms with E-state index in [1.54, 1.807) is 34.9 Å². The van der Waals surface area contributed by atoms with Crippen LogP contribution in [0.15, 0.2) is 67.0 Å². The molecule has 0 radical (unpaired) electrons. The largest absolute Gasteiger partial charge is 0.348 e. The van der Waals surface area contributed by atoms with E-state index in [0.29, 0.717) is 28.7 Å². The number of carbonyl (C=O) groups is 1. The second-order valence-corrected chi connectivity index (χ2v) is 6.14. The van der Waals surface area contributed by atoms with E-state index in [0.717, 1.165) is 11.1 Å². The molecule has 7 heteroatoms. The van der Waals surface area contributed by atoms with Crippen LogP contribution in [0.5, 0.6) is 0 Å². The van der Waals surface area contributed by atoms with E-state index < -0.39 is 0 Å². The lowest BCUT2D eigenvalue weighted by molar-refractivity contribution is 0.0951. The van der Waals surface area contributed by atoms with Crippen LogP contribution in [0, 0.1) is 0 Å². The molecule has 4 aromatic rings. The lowest BCUT2D eigenvalue weighted by atomic mass is 10.1. The molecular weight excluding hydrogens is 350 g/mol. The van der Waals surface area contributed by atoms with E-state index in [4.69, 9.17) is 11.6 Å². The molecule has 0 aliphatic rings. The Kier molecular flexibility index (Phi) is 4.33. The number of fused-ring (bicyclic) bond motifs is 1. The van der Waals surface area contributed by atoms with Gasteiger partial charge in [0, 0.05) is 35.1 Å². The summed E-state index contributed by atoms with van der Waals surface area (Å²) in [6.45, 7) is 0.443. The van der Waals surface area contributed by atoms with E-state index in [9.17, 15) is 4.79 Å². The van der Waals surface area contributed by atoms with Gasteiger partial charge in [0.15, 0.2) is 5.82 Å². The number of amides is 1. The highest BCUT2D eigenvalue weighted by atomic mass is 35.5. The fraction of sp³-hybridized carbons (Fsp3) is 0.0526. The van der Waals surface area contributed by atoms with Gasteiger partial charge in [0.05, 0.1) is 0 Å². The van der Waals surface area contributed by atoms with E-state index in [-0.39, 0.29) is 5.91 Å². The van der Waals surface area contributed by atoms with Crippen LogP contribution in [-0.2, 0) is 6.54 Å². The monoisotopic (exact) mass is 363 g/mol. The molecule has 2 heterocycles. The maximum Gasteiger partial charge on any atom is 0.255 e. The van der Waals surface area contributed by atoms with Gasteiger partial charge in [0.1, 0.15) is 0 Å². The highest BCUT2D eigenvalue weighted by Crippen LogP contribution is 2.18. The van der Waals surface area contributed by atoms with Crippen molar-refractivity contribution < 1.29 is 4.79 Å². The van der Waals surface area contributed by atoms with Crippen LogP contribution >= 0.6 is 11.6 Å². The van der Waals surface area contributed by atoms with Gasteiger partial charge in [0.2, 0.25) is 0 Å². The van der Waals surface area contributed by atoms with Gasteiger partial charge < -0.3 is 5.32 Å². The zero-order chi connectivity index (χ0) is 17.9. The van der Waals surface area contributed by atoms with Gasteiger partial charge in [-0.2, -0.15) is 0 Å². The van der Waals surface area contributed by atoms with Crippen molar-refractivity contribution in [1.82, 2.24) is 24.9 Å². The molecule has 6 nitrogen and oxygen atoms in total. The minimum Gasteiger partial charge on any atom is -0.348 e. The van der Waals surface area contributed by atoms with E-state index >= 15 is 0 Å². The predicted molar refractivity (Wildman–Crippen MR) is 98.8 cm³/mol. The standard InChI is InChI=1S/C19H14ClN5O/c20-16-8-2-13(3-9-16)12-22-18(26)15-6-4-14(5-7-15)17-23-24-19-21-10-1-11-25(17)19/h1-11H,12H2,(H,22,26). The van der Waals surface area contributed by atoms with Crippen molar-refractivity contribution in [2.45, 2.75) is 6.54 Å². The van der Waals surface area contributed by atoms with Crippen molar-refractivity contribution >= 4 is 23.3 Å². The molecule has 0 bridgehead atoms. The SMILES string of the molecule is O=C(NCc1ccc(Cl)cc1)c1ccc(-c2nnc3ncccn23)cc1. The second kappa shape index (κ2) is 6.93. The lowest BCUT2D eigenvalue weighted by Crippen LogP contribution is -2.22. The van der Waals surface area contributed by atoms with Crippen molar-refractivity contribution in [3.8, 4) is 11.4 Å². The predicted octanol–water partition coefficient (Wildman–Crippen LogP) is 3.37. The van der Waals surface area contributed by atoms with Gasteiger partial charge in [-0.05, 0) is 35.9 Å². The molecule has 0 saturated heterocycles. The summed E-state index contributed by atoms with van der Waals surface area (Å²) in [5, 5.41) is 11.8. The summed E-state index contributed by atoms with van der Waals surface area (Å²) in [5.74, 6) is 1.08. The topological polar surface area (TPSA) is 72.2 Å². The van der Waals surface area contributed by atoms with Gasteiger partial charge in [-0.1, -0.05) is 35.9 Å². The molecule has 4 rings (SSSR count). The summed E-state index contributed by atoms with van der Waals surface area (Å²) in [7, 11) is 0. The third-order valence-electron chi connectivity index (χ3n) is 3.96. The molecule has 2 aromatic heterocycles. The lowest BCUT2D eigenvalue weighted by Gasteiger charge is -2.06. The maximum absolute atomic E-state index is 12.3. The molecule has 0 fully saturated rings. The molecule has 0 atom stereocenters. The Morgan fingerprint density at radius 3 is 2.58 bits per heavy atom. The molecule has 1 N–H and O–H groups in total. The van der Waals surface area contributed by atoms with Crippen LogP contribution in [0.4, 0.5) is 0 Å². The number of carbonyl (C=O) groups excluding carboxylic acids is 1. The summed E-state index contributed by atoms with van der Waals surface area (Å²) in [6.07, 6.45) is 3.52. The van der Waals surface area contributed by atoms with Crippen LogP contribution in [-0.4, -0.2) is 25.5 Å². The van der Waals surface area contributed by atoms with Gasteiger partial charge in [0.25, 0.3) is 11.7 Å². The summed E-state index contributed by atoms with van der Waals surface area (Å²) >= 11 is 5.86. The van der Waals surface area contributed by atoms with Gasteiger partial charge >= 0.3 is 0 Å². The zero-order valence-electron chi connectivity index (χ0n) is 13.6. The van der Waals surface area contributed by atoms with Crippen molar-refractivity contribution in [3.05, 3.63) is 83.1 Å². The van der Waals surface area contributed by atoms with Gasteiger partial charge in [-0.25, -0.2) is 4.98 Å². The molecule has 2 aromatic carbocycles. The Labute approximate surface area is 154 Å². The Morgan fingerprint density at radius 2 is 1.81 bits per heavy atom. The molecular formula is C19H14ClN5O. The van der Waals surface area contributed by atoms with Crippen LogP contribution < -0.4 is 5.32 Å². The zero-order valence-corrected chi connectivity index (χ0v) is 14.4. The minimum absolute atomic E-state index is 0.140. The second-order valence-electron chi connectivity index (χ2n) is 5.70. The third kappa shape index (κ3) is 3.27. The number of hydrogen-bond donors (Lipinski definition) is 1. The molecule has 1 amide bonds. The Hall–Kier alpha value is -3.25. The smallest absolute Gasteiger partial charge is 0.255 e. The van der Waals surface area contributed by atoms with Crippen molar-refractivity contribution in [2.24, 2.45) is 0 Å². The molecule has 0 unspecified atom stereocenters. The first kappa shape index (κ1) is 16.2. The fourth-order valence-electron chi connectivity index (χ4n) is 2.60. The number of nitrogens with zero attached hydrogens (tertiary/aromatic N) is 4. The first-order valence-electron chi connectivity index (χ1n) is 7.99. The van der Waals surface area contributed by atoms with Crippen LogP contribution in [0.2, 0.25) is 5.02 Å². The Morgan fingerprint density at radius 1 is 1.04 bits per heavy atom. The normalized spacial score (nSPS) is 10.8. The maximum atomic E-state index is 12.3. The average molecular weight is 364 g/mol. The van der Waals surface area contributed by atoms with E-state index in [1.165, 1.54) is 0 Å². The Bertz CT molecular complexity index is 1060. The van der Waals surface area contributed by atoms with Crippen LogP contribution in [0.25, 0.3) is 17.2 Å². The average Bonchev–Trinajstić information content (AvgIpc) is 3.11. The highest BCUT2D eigenvalue weighted by Gasteiger charge is 2.10. The molecule has 0 aliphatic carbocycles. The molecule has 0 aliphatic heterocycles. The van der Waals surface area contributed by atoms with Gasteiger partial charge in [-0.15, -0.1) is 10.2 Å². The quantitative estimate of drug-likeness (QED) is 0.603. The molecule has 128 valence electrons. The molecule has 26 heavy (non-hydrogen) atoms. The van der Waals surface area contributed by atoms with E-state index in [2.05, 4.69) is 20.5 Å².